The minimum absolute atomic E-state index is 0.0675. The van der Waals surface area contributed by atoms with Crippen LogP contribution in [0.2, 0.25) is 0 Å². The summed E-state index contributed by atoms with van der Waals surface area (Å²) in [5, 5.41) is 6.48. The largest absolute Gasteiger partial charge is 0.496 e. The summed E-state index contributed by atoms with van der Waals surface area (Å²) in [6.45, 7) is 0. The summed E-state index contributed by atoms with van der Waals surface area (Å²) in [5.74, 6) is 0.695. The quantitative estimate of drug-likeness (QED) is 0.261. The van der Waals surface area contributed by atoms with Crippen LogP contribution in [-0.4, -0.2) is 25.2 Å². The summed E-state index contributed by atoms with van der Waals surface area (Å²) in [6, 6.07) is 19.2. The zero-order chi connectivity index (χ0) is 24.2. The Morgan fingerprint density at radius 1 is 0.971 bits per heavy atom. The first-order chi connectivity index (χ1) is 16.4. The summed E-state index contributed by atoms with van der Waals surface area (Å²) in [4.78, 5) is 25.2. The van der Waals surface area contributed by atoms with Gasteiger partial charge >= 0.3 is 5.63 Å². The third kappa shape index (κ3) is 4.95. The van der Waals surface area contributed by atoms with Crippen molar-refractivity contribution in [3.63, 3.8) is 0 Å². The predicted octanol–water partition coefficient (Wildman–Crippen LogP) is 5.37. The summed E-state index contributed by atoms with van der Waals surface area (Å²) >= 11 is 8.70. The number of halogens is 1. The number of thiocarbonyl (C=S) groups is 1. The van der Waals surface area contributed by atoms with E-state index in [-0.39, 0.29) is 5.11 Å². The maximum absolute atomic E-state index is 12.6. The molecule has 2 N–H and O–H groups in total. The Bertz CT molecular complexity index is 1470. The molecule has 0 aliphatic heterocycles. The molecule has 0 atom stereocenters. The van der Waals surface area contributed by atoms with Gasteiger partial charge in [0.15, 0.2) is 5.11 Å². The highest BCUT2D eigenvalue weighted by Crippen LogP contribution is 2.31. The van der Waals surface area contributed by atoms with E-state index in [9.17, 15) is 9.59 Å². The lowest BCUT2D eigenvalue weighted by molar-refractivity contribution is 0.0977. The molecule has 3 aromatic carbocycles. The molecule has 0 saturated heterocycles. The fraction of sp³-hybridized carbons (Fsp3) is 0.0800. The van der Waals surface area contributed by atoms with Crippen LogP contribution in [0.25, 0.3) is 22.1 Å². The number of hydrogen-bond donors (Lipinski definition) is 2. The van der Waals surface area contributed by atoms with Crippen LogP contribution in [0.3, 0.4) is 0 Å². The molecule has 0 unspecified atom stereocenters. The number of ether oxygens (including phenoxy) is 2. The van der Waals surface area contributed by atoms with Crippen LogP contribution in [0.4, 0.5) is 5.69 Å². The molecule has 4 aromatic rings. The molecule has 0 bridgehead atoms. The highest BCUT2D eigenvalue weighted by Gasteiger charge is 2.14. The molecule has 9 heteroatoms. The van der Waals surface area contributed by atoms with Crippen molar-refractivity contribution in [2.24, 2.45) is 0 Å². The minimum Gasteiger partial charge on any atom is -0.496 e. The SMILES string of the molecule is COc1ccc(C(=O)NC(=S)Nc2cc(-c3cc4ccccc4oc3=O)ccc2OC)cc1Br. The Morgan fingerprint density at radius 3 is 2.44 bits per heavy atom. The van der Waals surface area contributed by atoms with Crippen molar-refractivity contribution in [3.8, 4) is 22.6 Å². The van der Waals surface area contributed by atoms with Gasteiger partial charge in [-0.05, 0) is 76.2 Å². The van der Waals surface area contributed by atoms with Gasteiger partial charge < -0.3 is 19.2 Å². The third-order valence-corrected chi connectivity index (χ3v) is 5.86. The number of methoxy groups -OCH3 is 2. The molecule has 0 radical (unpaired) electrons. The Hall–Kier alpha value is -3.69. The third-order valence-electron chi connectivity index (χ3n) is 5.04. The molecule has 1 heterocycles. The summed E-state index contributed by atoms with van der Waals surface area (Å²) in [5.41, 5.74) is 1.92. The van der Waals surface area contributed by atoms with Crippen molar-refractivity contribution >= 4 is 55.8 Å². The number of carbonyl (C=O) groups excluding carboxylic acids is 1. The molecule has 172 valence electrons. The van der Waals surface area contributed by atoms with Crippen molar-refractivity contribution in [2.45, 2.75) is 0 Å². The van der Waals surface area contributed by atoms with Gasteiger partial charge in [0, 0.05) is 10.9 Å². The van der Waals surface area contributed by atoms with Crippen LogP contribution in [0, 0.1) is 0 Å². The maximum atomic E-state index is 12.6. The summed E-state index contributed by atoms with van der Waals surface area (Å²) < 4.78 is 16.7. The van der Waals surface area contributed by atoms with E-state index >= 15 is 0 Å². The molecule has 4 rings (SSSR count). The van der Waals surface area contributed by atoms with Crippen molar-refractivity contribution in [1.82, 2.24) is 5.32 Å². The zero-order valence-electron chi connectivity index (χ0n) is 18.2. The van der Waals surface area contributed by atoms with Gasteiger partial charge in [0.1, 0.15) is 17.1 Å². The lowest BCUT2D eigenvalue weighted by Crippen LogP contribution is -2.34. The number of fused-ring (bicyclic) bond motifs is 1. The second-order valence-corrected chi connectivity index (χ2v) is 8.42. The Morgan fingerprint density at radius 2 is 1.71 bits per heavy atom. The molecule has 0 aliphatic carbocycles. The standard InChI is InChI=1S/C25H19BrN2O5S/c1-31-21-9-8-16(12-18(21)26)23(29)28-25(34)27-19-13-14(7-10-22(19)32-2)17-11-15-5-3-4-6-20(15)33-24(17)30/h3-13H,1-2H3,(H2,27,28,29,34). The highest BCUT2D eigenvalue weighted by atomic mass is 79.9. The van der Waals surface area contributed by atoms with Crippen LogP contribution in [-0.2, 0) is 0 Å². The highest BCUT2D eigenvalue weighted by molar-refractivity contribution is 9.10. The van der Waals surface area contributed by atoms with Crippen molar-refractivity contribution in [1.29, 1.82) is 0 Å². The smallest absolute Gasteiger partial charge is 0.344 e. The number of anilines is 1. The number of amides is 1. The van der Waals surface area contributed by atoms with Crippen LogP contribution < -0.4 is 25.7 Å². The maximum Gasteiger partial charge on any atom is 0.344 e. The summed E-state index contributed by atoms with van der Waals surface area (Å²) in [7, 11) is 3.06. The van der Waals surface area contributed by atoms with Crippen LogP contribution >= 0.6 is 28.1 Å². The van der Waals surface area contributed by atoms with E-state index in [0.717, 1.165) is 5.39 Å². The number of benzene rings is 3. The number of nitrogens with one attached hydrogen (secondary N) is 2. The fourth-order valence-electron chi connectivity index (χ4n) is 3.37. The fourth-order valence-corrected chi connectivity index (χ4v) is 4.12. The van der Waals surface area contributed by atoms with Gasteiger partial charge in [-0.2, -0.15) is 0 Å². The van der Waals surface area contributed by atoms with Crippen LogP contribution in [0.1, 0.15) is 10.4 Å². The Kier molecular flexibility index (Phi) is 6.95. The predicted molar refractivity (Wildman–Crippen MR) is 139 cm³/mol. The molecular formula is C25H19BrN2O5S. The minimum atomic E-state index is -0.462. The molecule has 0 spiro atoms. The van der Waals surface area contributed by atoms with E-state index in [1.54, 1.807) is 61.7 Å². The van der Waals surface area contributed by atoms with Gasteiger partial charge in [0.05, 0.1) is 29.9 Å². The van der Waals surface area contributed by atoms with Gasteiger partial charge in [-0.15, -0.1) is 0 Å². The molecule has 1 amide bonds. The molecule has 0 fully saturated rings. The second kappa shape index (κ2) is 10.1. The van der Waals surface area contributed by atoms with Gasteiger partial charge in [0.25, 0.3) is 5.91 Å². The second-order valence-electron chi connectivity index (χ2n) is 7.16. The van der Waals surface area contributed by atoms with Gasteiger partial charge in [0.2, 0.25) is 0 Å². The number of hydrogen-bond acceptors (Lipinski definition) is 6. The van der Waals surface area contributed by atoms with E-state index in [0.29, 0.717) is 43.9 Å². The Balaban J connectivity index is 1.58. The first kappa shape index (κ1) is 23.5. The number of rotatable bonds is 5. The number of carbonyl (C=O) groups is 1. The van der Waals surface area contributed by atoms with Gasteiger partial charge in [-0.1, -0.05) is 24.3 Å². The first-order valence-electron chi connectivity index (χ1n) is 10.1. The molecular weight excluding hydrogens is 520 g/mol. The van der Waals surface area contributed by atoms with E-state index in [2.05, 4.69) is 26.6 Å². The molecule has 7 nitrogen and oxygen atoms in total. The van der Waals surface area contributed by atoms with Crippen molar-refractivity contribution < 1.29 is 18.7 Å². The normalized spacial score (nSPS) is 10.6. The number of para-hydroxylation sites is 1. The molecule has 0 aliphatic rings. The molecule has 34 heavy (non-hydrogen) atoms. The van der Waals surface area contributed by atoms with Gasteiger partial charge in [-0.25, -0.2) is 4.79 Å². The Labute approximate surface area is 208 Å². The average molecular weight is 539 g/mol. The molecule has 1 aromatic heterocycles. The summed E-state index contributed by atoms with van der Waals surface area (Å²) in [6.07, 6.45) is 0. The average Bonchev–Trinajstić information content (AvgIpc) is 2.83. The molecule has 0 saturated carbocycles. The van der Waals surface area contributed by atoms with E-state index in [4.69, 9.17) is 26.1 Å². The first-order valence-corrected chi connectivity index (χ1v) is 11.3. The van der Waals surface area contributed by atoms with E-state index in [1.165, 1.54) is 7.11 Å². The lowest BCUT2D eigenvalue weighted by Gasteiger charge is -2.14. The van der Waals surface area contributed by atoms with Crippen LogP contribution in [0.5, 0.6) is 11.5 Å². The van der Waals surface area contributed by atoms with Crippen molar-refractivity contribution in [2.75, 3.05) is 19.5 Å². The van der Waals surface area contributed by atoms with Crippen LogP contribution in [0.15, 0.2) is 80.4 Å². The van der Waals surface area contributed by atoms with E-state index in [1.807, 2.05) is 12.1 Å². The van der Waals surface area contributed by atoms with Crippen molar-refractivity contribution in [3.05, 3.63) is 87.2 Å². The zero-order valence-corrected chi connectivity index (χ0v) is 20.6. The monoisotopic (exact) mass is 538 g/mol. The van der Waals surface area contributed by atoms with E-state index < -0.39 is 11.5 Å². The lowest BCUT2D eigenvalue weighted by atomic mass is 10.0. The van der Waals surface area contributed by atoms with Gasteiger partial charge in [-0.3, -0.25) is 10.1 Å². The topological polar surface area (TPSA) is 89.8 Å².